The highest BCUT2D eigenvalue weighted by Crippen LogP contribution is 2.27. The molecule has 1 aliphatic heterocycles. The van der Waals surface area contributed by atoms with Gasteiger partial charge in [-0.05, 0) is 30.3 Å². The highest BCUT2D eigenvalue weighted by atomic mass is 16.2. The average molecular weight is 555 g/mol. The van der Waals surface area contributed by atoms with Gasteiger partial charge in [0, 0.05) is 77.1 Å². The molecule has 1 fully saturated rings. The number of benzene rings is 2. The van der Waals surface area contributed by atoms with Crippen molar-refractivity contribution in [2.45, 2.75) is 13.8 Å². The molecule has 0 bridgehead atoms. The Morgan fingerprint density at radius 1 is 0.927 bits per heavy atom. The summed E-state index contributed by atoms with van der Waals surface area (Å²) in [4.78, 5) is 54.8. The first-order chi connectivity index (χ1) is 19.8. The topological polar surface area (TPSA) is 127 Å². The van der Waals surface area contributed by atoms with Gasteiger partial charge in [-0.25, -0.2) is 9.97 Å². The number of aromatic amines is 1. The van der Waals surface area contributed by atoms with E-state index in [0.29, 0.717) is 67.6 Å². The summed E-state index contributed by atoms with van der Waals surface area (Å²) in [6.07, 6.45) is 0. The molecule has 11 nitrogen and oxygen atoms in total. The Hall–Kier alpha value is -4.93. The molecule has 41 heavy (non-hydrogen) atoms. The minimum Gasteiger partial charge on any atom is -0.368 e. The van der Waals surface area contributed by atoms with Crippen molar-refractivity contribution in [2.75, 3.05) is 61.4 Å². The standard InChI is InChI=1S/C30H34N8O3/c1-20(39)31-13-14-32-28-25-19-26(33-29(25)35-27(34-28)22-7-5-4-6-8-22)30(41)38-17-15-37(16-18-38)24-11-9-23(10-12-24)36(3)21(2)40/h4-12,19H,13-18H2,1-3H3,(H,31,39)(H2,32,33,34,35). The third-order valence-corrected chi connectivity index (χ3v) is 7.18. The van der Waals surface area contributed by atoms with Gasteiger partial charge in [0.25, 0.3) is 5.91 Å². The quantitative estimate of drug-likeness (QED) is 0.286. The smallest absolute Gasteiger partial charge is 0.270 e. The summed E-state index contributed by atoms with van der Waals surface area (Å²) in [5.74, 6) is 0.925. The van der Waals surface area contributed by atoms with Gasteiger partial charge in [-0.2, -0.15) is 0 Å². The van der Waals surface area contributed by atoms with Crippen LogP contribution in [-0.4, -0.2) is 83.9 Å². The van der Waals surface area contributed by atoms with Crippen LogP contribution < -0.4 is 20.4 Å². The van der Waals surface area contributed by atoms with Crippen LogP contribution in [0.25, 0.3) is 22.4 Å². The van der Waals surface area contributed by atoms with E-state index in [4.69, 9.17) is 9.97 Å². The molecule has 2 aromatic carbocycles. The van der Waals surface area contributed by atoms with Crippen LogP contribution in [0.3, 0.4) is 0 Å². The fourth-order valence-corrected chi connectivity index (χ4v) is 4.80. The lowest BCUT2D eigenvalue weighted by Gasteiger charge is -2.36. The lowest BCUT2D eigenvalue weighted by atomic mass is 10.2. The Labute approximate surface area is 238 Å². The van der Waals surface area contributed by atoms with Crippen molar-refractivity contribution in [2.24, 2.45) is 0 Å². The summed E-state index contributed by atoms with van der Waals surface area (Å²) in [6.45, 7) is 6.48. The molecule has 212 valence electrons. The fraction of sp³-hybridized carbons (Fsp3) is 0.300. The van der Waals surface area contributed by atoms with E-state index in [1.54, 1.807) is 18.0 Å². The number of nitrogens with zero attached hydrogens (tertiary/aromatic N) is 5. The number of anilines is 3. The molecule has 1 aliphatic rings. The number of aromatic nitrogens is 3. The Morgan fingerprint density at radius 2 is 1.63 bits per heavy atom. The lowest BCUT2D eigenvalue weighted by molar-refractivity contribution is -0.119. The van der Waals surface area contributed by atoms with Gasteiger partial charge in [-0.1, -0.05) is 30.3 Å². The van der Waals surface area contributed by atoms with E-state index in [1.807, 2.05) is 59.5 Å². The van der Waals surface area contributed by atoms with Crippen LogP contribution in [0.2, 0.25) is 0 Å². The summed E-state index contributed by atoms with van der Waals surface area (Å²) in [5, 5.41) is 6.77. The van der Waals surface area contributed by atoms with Crippen LogP contribution in [0.5, 0.6) is 0 Å². The van der Waals surface area contributed by atoms with E-state index in [9.17, 15) is 14.4 Å². The van der Waals surface area contributed by atoms with Gasteiger partial charge in [0.1, 0.15) is 17.2 Å². The molecule has 4 aromatic rings. The van der Waals surface area contributed by atoms with Crippen molar-refractivity contribution >= 4 is 45.9 Å². The van der Waals surface area contributed by atoms with Crippen molar-refractivity contribution in [3.8, 4) is 11.4 Å². The third kappa shape index (κ3) is 6.29. The second-order valence-corrected chi connectivity index (χ2v) is 9.99. The Kier molecular flexibility index (Phi) is 8.14. The molecule has 3 heterocycles. The van der Waals surface area contributed by atoms with Crippen LogP contribution in [0.4, 0.5) is 17.2 Å². The first-order valence-electron chi connectivity index (χ1n) is 13.6. The van der Waals surface area contributed by atoms with E-state index in [2.05, 4.69) is 20.5 Å². The van der Waals surface area contributed by atoms with Gasteiger partial charge in [0.15, 0.2) is 5.82 Å². The first kappa shape index (κ1) is 27.6. The zero-order valence-corrected chi connectivity index (χ0v) is 23.5. The number of rotatable bonds is 8. The predicted octanol–water partition coefficient (Wildman–Crippen LogP) is 3.12. The molecule has 5 rings (SSSR count). The Bertz CT molecular complexity index is 1540. The number of hydrogen-bond donors (Lipinski definition) is 3. The average Bonchev–Trinajstić information content (AvgIpc) is 3.43. The summed E-state index contributed by atoms with van der Waals surface area (Å²) < 4.78 is 0. The zero-order valence-electron chi connectivity index (χ0n) is 23.5. The summed E-state index contributed by atoms with van der Waals surface area (Å²) in [6, 6.07) is 19.3. The van der Waals surface area contributed by atoms with E-state index in [1.165, 1.54) is 13.8 Å². The van der Waals surface area contributed by atoms with Gasteiger partial charge in [-0.15, -0.1) is 0 Å². The van der Waals surface area contributed by atoms with Gasteiger partial charge < -0.3 is 30.3 Å². The molecule has 1 saturated heterocycles. The molecule has 0 unspecified atom stereocenters. The molecule has 3 N–H and O–H groups in total. The lowest BCUT2D eigenvalue weighted by Crippen LogP contribution is -2.48. The van der Waals surface area contributed by atoms with E-state index in [0.717, 1.165) is 16.9 Å². The number of carbonyl (C=O) groups excluding carboxylic acids is 3. The summed E-state index contributed by atoms with van der Waals surface area (Å²) in [7, 11) is 1.75. The van der Waals surface area contributed by atoms with Crippen molar-refractivity contribution in [3.05, 3.63) is 66.4 Å². The van der Waals surface area contributed by atoms with Crippen molar-refractivity contribution in [1.82, 2.24) is 25.2 Å². The number of amides is 3. The Morgan fingerprint density at radius 3 is 2.29 bits per heavy atom. The van der Waals surface area contributed by atoms with Crippen molar-refractivity contribution < 1.29 is 14.4 Å². The molecular weight excluding hydrogens is 520 g/mol. The van der Waals surface area contributed by atoms with E-state index >= 15 is 0 Å². The summed E-state index contributed by atoms with van der Waals surface area (Å²) in [5.41, 5.74) is 3.78. The number of piperazine rings is 1. The summed E-state index contributed by atoms with van der Waals surface area (Å²) >= 11 is 0. The maximum Gasteiger partial charge on any atom is 0.270 e. The minimum atomic E-state index is -0.100. The molecule has 2 aromatic heterocycles. The molecule has 0 aliphatic carbocycles. The van der Waals surface area contributed by atoms with Gasteiger partial charge in [-0.3, -0.25) is 14.4 Å². The molecule has 0 saturated carbocycles. The maximum absolute atomic E-state index is 13.5. The first-order valence-corrected chi connectivity index (χ1v) is 13.6. The minimum absolute atomic E-state index is 0.0167. The number of hydrogen-bond acceptors (Lipinski definition) is 7. The molecule has 0 atom stereocenters. The molecule has 0 radical (unpaired) electrons. The SMILES string of the molecule is CC(=O)NCCNc1nc(-c2ccccc2)nc2[nH]c(C(=O)N3CCN(c4ccc(N(C)C(C)=O)cc4)CC3)cc12. The van der Waals surface area contributed by atoms with Crippen molar-refractivity contribution in [3.63, 3.8) is 0 Å². The van der Waals surface area contributed by atoms with Crippen LogP contribution in [0.1, 0.15) is 24.3 Å². The highest BCUT2D eigenvalue weighted by Gasteiger charge is 2.25. The van der Waals surface area contributed by atoms with Crippen LogP contribution >= 0.6 is 0 Å². The molecule has 11 heteroatoms. The van der Waals surface area contributed by atoms with Gasteiger partial charge in [0.05, 0.1) is 5.39 Å². The van der Waals surface area contributed by atoms with E-state index in [-0.39, 0.29) is 17.7 Å². The largest absolute Gasteiger partial charge is 0.368 e. The monoisotopic (exact) mass is 554 g/mol. The third-order valence-electron chi connectivity index (χ3n) is 7.18. The normalized spacial score (nSPS) is 13.2. The highest BCUT2D eigenvalue weighted by molar-refractivity contribution is 6.00. The molecular formula is C30H34N8O3. The molecule has 0 spiro atoms. The second kappa shape index (κ2) is 12.1. The van der Waals surface area contributed by atoms with Crippen molar-refractivity contribution in [1.29, 1.82) is 0 Å². The van der Waals surface area contributed by atoms with Crippen LogP contribution in [0, 0.1) is 0 Å². The van der Waals surface area contributed by atoms with E-state index < -0.39 is 0 Å². The number of H-pyrrole nitrogens is 1. The Balaban J connectivity index is 1.31. The number of fused-ring (bicyclic) bond motifs is 1. The predicted molar refractivity (Wildman–Crippen MR) is 160 cm³/mol. The number of nitrogens with one attached hydrogen (secondary N) is 3. The van der Waals surface area contributed by atoms with Crippen LogP contribution in [0.15, 0.2) is 60.7 Å². The molecule has 3 amide bonds. The van der Waals surface area contributed by atoms with Crippen LogP contribution in [-0.2, 0) is 9.59 Å². The zero-order chi connectivity index (χ0) is 28.9. The number of carbonyl (C=O) groups is 3. The van der Waals surface area contributed by atoms with Gasteiger partial charge >= 0.3 is 0 Å². The maximum atomic E-state index is 13.5. The second-order valence-electron chi connectivity index (χ2n) is 9.99. The van der Waals surface area contributed by atoms with Gasteiger partial charge in [0.2, 0.25) is 11.8 Å². The fourth-order valence-electron chi connectivity index (χ4n) is 4.80.